The van der Waals surface area contributed by atoms with Gasteiger partial charge in [0.05, 0.1) is 0 Å². The molecule has 2 heteroatoms. The Morgan fingerprint density at radius 3 is 1.16 bits per heavy atom. The van der Waals surface area contributed by atoms with Crippen molar-refractivity contribution in [3.8, 4) is 0 Å². The topological polar surface area (TPSA) is 9.23 Å². The summed E-state index contributed by atoms with van der Waals surface area (Å²) in [6, 6.07) is 32.3. The Balaban J connectivity index is 1.94. The molecule has 0 aliphatic carbocycles. The first-order valence-electron chi connectivity index (χ1n) is 8.70. The van der Waals surface area contributed by atoms with E-state index in [1.807, 2.05) is 20.8 Å². The molecule has 3 aromatic carbocycles. The van der Waals surface area contributed by atoms with Crippen LogP contribution in [-0.2, 0) is 43.4 Å². The van der Waals surface area contributed by atoms with Crippen LogP contribution in [0.4, 0.5) is 0 Å². The molecule has 3 rings (SSSR count). The second-order valence-corrected chi connectivity index (χ2v) is 7.23. The van der Waals surface area contributed by atoms with Crippen molar-refractivity contribution >= 4 is 0 Å². The summed E-state index contributed by atoms with van der Waals surface area (Å²) in [5.74, 6) is 0. The molecule has 25 heavy (non-hydrogen) atoms. The van der Waals surface area contributed by atoms with Gasteiger partial charge in [-0.25, -0.2) is 0 Å². The Bertz CT molecular complexity index is 639. The van der Waals surface area contributed by atoms with Gasteiger partial charge in [-0.3, -0.25) is 0 Å². The van der Waals surface area contributed by atoms with E-state index in [2.05, 4.69) is 91.0 Å². The molecular weight excluding hydrogens is 340 g/mol. The zero-order valence-electron chi connectivity index (χ0n) is 14.4. The van der Waals surface area contributed by atoms with Gasteiger partial charge in [0, 0.05) is 0 Å². The number of rotatable bonds is 8. The summed E-state index contributed by atoms with van der Waals surface area (Å²) in [5, 5.41) is 0. The quantitative estimate of drug-likeness (QED) is 0.501. The van der Waals surface area contributed by atoms with Crippen molar-refractivity contribution in [2.24, 2.45) is 5.41 Å². The maximum atomic E-state index is 5.72. The zero-order valence-corrected chi connectivity index (χ0v) is 16.0. The number of hydrogen-bond acceptors (Lipinski definition) is 1. The summed E-state index contributed by atoms with van der Waals surface area (Å²) in [6.45, 7) is 0.742. The molecule has 0 N–H and O–H groups in total. The molecular formula is C23H23OTi. The normalized spacial score (nSPS) is 11.3. The third-order valence-electron chi connectivity index (χ3n) is 4.64. The number of hydrogen-bond donors (Lipinski definition) is 0. The molecule has 0 saturated carbocycles. The summed E-state index contributed by atoms with van der Waals surface area (Å²) < 4.78 is 5.72. The fourth-order valence-electron chi connectivity index (χ4n) is 3.58. The van der Waals surface area contributed by atoms with E-state index in [9.17, 15) is 0 Å². The Kier molecular flexibility index (Phi) is 6.64. The molecule has 3 aromatic rings. The van der Waals surface area contributed by atoms with Gasteiger partial charge in [-0.15, -0.1) is 0 Å². The van der Waals surface area contributed by atoms with Crippen LogP contribution in [0.3, 0.4) is 0 Å². The van der Waals surface area contributed by atoms with Gasteiger partial charge in [-0.1, -0.05) is 0 Å². The predicted octanol–water partition coefficient (Wildman–Crippen LogP) is 5.18. The van der Waals surface area contributed by atoms with Crippen molar-refractivity contribution in [2.75, 3.05) is 6.61 Å². The average molecular weight is 363 g/mol. The maximum absolute atomic E-state index is 5.72. The molecule has 0 radical (unpaired) electrons. The Hall–Kier alpha value is -1.67. The monoisotopic (exact) mass is 363 g/mol. The molecule has 125 valence electrons. The fraction of sp³-hybridized carbons (Fsp3) is 0.217. The first-order valence-corrected chi connectivity index (χ1v) is 9.34. The summed E-state index contributed by atoms with van der Waals surface area (Å²) in [6.07, 6.45) is 3.02. The Morgan fingerprint density at radius 2 is 0.880 bits per heavy atom. The van der Waals surface area contributed by atoms with Crippen LogP contribution in [0, 0.1) is 5.41 Å². The average Bonchev–Trinajstić information content (AvgIpc) is 2.64. The third kappa shape index (κ3) is 5.41. The molecule has 0 bridgehead atoms. The zero-order chi connectivity index (χ0) is 17.4. The van der Waals surface area contributed by atoms with Crippen LogP contribution in [0.25, 0.3) is 0 Å². The van der Waals surface area contributed by atoms with Crippen molar-refractivity contribution < 1.29 is 24.1 Å². The van der Waals surface area contributed by atoms with Crippen molar-refractivity contribution in [3.63, 3.8) is 0 Å². The molecule has 0 aliphatic rings. The Morgan fingerprint density at radius 1 is 0.560 bits per heavy atom. The summed E-state index contributed by atoms with van der Waals surface area (Å²) in [7, 11) is 0. The van der Waals surface area contributed by atoms with Gasteiger partial charge in [0.15, 0.2) is 0 Å². The van der Waals surface area contributed by atoms with Gasteiger partial charge >= 0.3 is 163 Å². The molecule has 0 fully saturated rings. The predicted molar refractivity (Wildman–Crippen MR) is 98.8 cm³/mol. The van der Waals surface area contributed by atoms with E-state index < -0.39 is 0 Å². The molecule has 0 aromatic heterocycles. The molecule has 0 spiro atoms. The third-order valence-corrected chi connectivity index (χ3v) is 4.87. The van der Waals surface area contributed by atoms with Crippen LogP contribution in [0.15, 0.2) is 91.0 Å². The second-order valence-electron chi connectivity index (χ2n) is 6.78. The van der Waals surface area contributed by atoms with E-state index in [1.165, 1.54) is 16.7 Å². The van der Waals surface area contributed by atoms with Crippen LogP contribution < -0.4 is 0 Å². The van der Waals surface area contributed by atoms with E-state index in [1.54, 1.807) is 0 Å². The molecule has 0 atom stereocenters. The van der Waals surface area contributed by atoms with Crippen LogP contribution in [0.1, 0.15) is 16.7 Å². The molecule has 0 heterocycles. The van der Waals surface area contributed by atoms with Crippen molar-refractivity contribution in [1.29, 1.82) is 0 Å². The summed E-state index contributed by atoms with van der Waals surface area (Å²) in [4.78, 5) is 0. The van der Waals surface area contributed by atoms with E-state index in [-0.39, 0.29) is 5.41 Å². The van der Waals surface area contributed by atoms with Gasteiger partial charge in [0.2, 0.25) is 0 Å². The standard InChI is InChI=1S/C23H23O.Ti/c24-19-23(16-20-10-4-1-5-11-20,17-21-12-6-2-7-13-21)18-22-14-8-3-9-15-22;/h1-15H,16-19H2;/q-1;+1. The van der Waals surface area contributed by atoms with Crippen LogP contribution in [0.5, 0.6) is 0 Å². The molecule has 0 saturated heterocycles. The van der Waals surface area contributed by atoms with Crippen molar-refractivity contribution in [2.45, 2.75) is 19.3 Å². The van der Waals surface area contributed by atoms with Crippen LogP contribution in [-0.4, -0.2) is 6.61 Å². The molecule has 0 aliphatic heterocycles. The van der Waals surface area contributed by atoms with Crippen LogP contribution in [0.2, 0.25) is 0 Å². The Labute approximate surface area is 162 Å². The molecule has 0 unspecified atom stereocenters. The second kappa shape index (κ2) is 9.15. The first kappa shape index (κ1) is 18.1. The van der Waals surface area contributed by atoms with E-state index in [4.69, 9.17) is 3.32 Å². The molecule has 1 nitrogen and oxygen atoms in total. The minimum atomic E-state index is 0.0405. The van der Waals surface area contributed by atoms with Gasteiger partial charge in [-0.2, -0.15) is 0 Å². The fourth-order valence-corrected chi connectivity index (χ4v) is 4.06. The summed E-state index contributed by atoms with van der Waals surface area (Å²) >= 11 is 1.82. The van der Waals surface area contributed by atoms with Crippen molar-refractivity contribution in [1.82, 2.24) is 0 Å². The van der Waals surface area contributed by atoms with Gasteiger partial charge < -0.3 is 0 Å². The van der Waals surface area contributed by atoms with E-state index in [0.29, 0.717) is 0 Å². The van der Waals surface area contributed by atoms with Gasteiger partial charge in [-0.05, 0) is 0 Å². The number of benzene rings is 3. The SMILES string of the molecule is [Ti][O]CC(Cc1ccccc1)(Cc1ccccc1)Cc1ccccc1. The van der Waals surface area contributed by atoms with Gasteiger partial charge in [0.1, 0.15) is 0 Å². The minimum absolute atomic E-state index is 0.0405. The van der Waals surface area contributed by atoms with E-state index >= 15 is 0 Å². The van der Waals surface area contributed by atoms with E-state index in [0.717, 1.165) is 25.9 Å². The summed E-state index contributed by atoms with van der Waals surface area (Å²) in [5.41, 5.74) is 4.14. The van der Waals surface area contributed by atoms with Crippen LogP contribution >= 0.6 is 0 Å². The first-order chi connectivity index (χ1) is 12.3. The van der Waals surface area contributed by atoms with Gasteiger partial charge in [0.25, 0.3) is 0 Å². The molecule has 0 amide bonds. The van der Waals surface area contributed by atoms with Crippen molar-refractivity contribution in [3.05, 3.63) is 108 Å².